The summed E-state index contributed by atoms with van der Waals surface area (Å²) in [5, 5.41) is 0. The fourth-order valence-electron chi connectivity index (χ4n) is 0.559. The molecule has 1 aliphatic heterocycles. The lowest BCUT2D eigenvalue weighted by Gasteiger charge is -2.18. The molecule has 4 nitrogen and oxygen atoms in total. The van der Waals surface area contributed by atoms with Crippen molar-refractivity contribution in [3.8, 4) is 0 Å². The third-order valence-corrected chi connectivity index (χ3v) is 2.49. The maximum absolute atomic E-state index is 10.6. The van der Waals surface area contributed by atoms with Crippen molar-refractivity contribution >= 4 is 19.9 Å². The zero-order chi connectivity index (χ0) is 7.61. The Kier molecular flexibility index (Phi) is 2.18. The second kappa shape index (κ2) is 2.77. The summed E-state index contributed by atoms with van der Waals surface area (Å²) in [7, 11) is 1.40. The van der Waals surface area contributed by atoms with Gasteiger partial charge in [-0.1, -0.05) is 0 Å². The van der Waals surface area contributed by atoms with Crippen LogP contribution < -0.4 is 0 Å². The molecular formula is C4H6ClNO3S. The maximum Gasteiger partial charge on any atom is 0.302 e. The van der Waals surface area contributed by atoms with Gasteiger partial charge in [-0.2, -0.15) is 8.42 Å². The van der Waals surface area contributed by atoms with Crippen molar-refractivity contribution < 1.29 is 13.2 Å². The maximum atomic E-state index is 10.6. The summed E-state index contributed by atoms with van der Waals surface area (Å²) in [5.74, 6) is 0. The lowest BCUT2D eigenvalue weighted by Crippen LogP contribution is -2.31. The van der Waals surface area contributed by atoms with Gasteiger partial charge in [0, 0.05) is 17.2 Å². The molecule has 0 saturated heterocycles. The first-order valence-electron chi connectivity index (χ1n) is 2.57. The number of ether oxygens (including phenoxy) is 1. The second-order valence-electron chi connectivity index (χ2n) is 1.74. The topological polar surface area (TPSA) is 46.6 Å². The summed E-state index contributed by atoms with van der Waals surface area (Å²) in [6.07, 6.45) is 3.02. The van der Waals surface area contributed by atoms with E-state index in [0.717, 1.165) is 4.31 Å². The average Bonchev–Trinajstić information content (AvgIpc) is 1.88. The number of hydrogen-bond acceptors (Lipinski definition) is 3. The SMILES string of the molecule is O=S(=O)(Cl)N1CC=COC1. The van der Waals surface area contributed by atoms with Gasteiger partial charge >= 0.3 is 9.24 Å². The molecule has 0 amide bonds. The van der Waals surface area contributed by atoms with Crippen molar-refractivity contribution in [2.75, 3.05) is 13.3 Å². The highest BCUT2D eigenvalue weighted by Crippen LogP contribution is 2.08. The summed E-state index contributed by atoms with van der Waals surface area (Å²) in [4.78, 5) is 0. The van der Waals surface area contributed by atoms with Gasteiger partial charge in [0.05, 0.1) is 6.26 Å². The zero-order valence-corrected chi connectivity index (χ0v) is 6.60. The minimum Gasteiger partial charge on any atom is -0.485 e. The largest absolute Gasteiger partial charge is 0.485 e. The first kappa shape index (κ1) is 7.84. The number of hydrogen-bond donors (Lipinski definition) is 0. The summed E-state index contributed by atoms with van der Waals surface area (Å²) < 4.78 is 26.8. The number of nitrogens with zero attached hydrogens (tertiary/aromatic N) is 1. The molecule has 1 rings (SSSR count). The van der Waals surface area contributed by atoms with E-state index in [-0.39, 0.29) is 13.3 Å². The second-order valence-corrected chi connectivity index (χ2v) is 4.25. The van der Waals surface area contributed by atoms with Crippen LogP contribution in [0.15, 0.2) is 12.3 Å². The van der Waals surface area contributed by atoms with Crippen LogP contribution in [0.25, 0.3) is 0 Å². The fraction of sp³-hybridized carbons (Fsp3) is 0.500. The van der Waals surface area contributed by atoms with Gasteiger partial charge in [-0.25, -0.2) is 0 Å². The molecule has 0 atom stereocenters. The van der Waals surface area contributed by atoms with Crippen molar-refractivity contribution in [1.82, 2.24) is 4.31 Å². The molecule has 1 heterocycles. The molecule has 0 saturated carbocycles. The molecule has 0 bridgehead atoms. The van der Waals surface area contributed by atoms with Gasteiger partial charge in [0.25, 0.3) is 0 Å². The highest BCUT2D eigenvalue weighted by atomic mass is 35.7. The predicted molar refractivity (Wildman–Crippen MR) is 36.6 cm³/mol. The zero-order valence-electron chi connectivity index (χ0n) is 5.03. The van der Waals surface area contributed by atoms with Crippen molar-refractivity contribution in [1.29, 1.82) is 0 Å². The lowest BCUT2D eigenvalue weighted by atomic mass is 10.6. The van der Waals surface area contributed by atoms with Gasteiger partial charge in [0.15, 0.2) is 6.73 Å². The van der Waals surface area contributed by atoms with E-state index in [9.17, 15) is 8.42 Å². The Balaban J connectivity index is 2.67. The van der Waals surface area contributed by atoms with Crippen LogP contribution in [0.1, 0.15) is 0 Å². The predicted octanol–water partition coefficient (Wildman–Crippen LogP) is 0.273. The molecule has 0 fully saturated rings. The first-order valence-corrected chi connectivity index (χ1v) is 4.83. The minimum atomic E-state index is -3.60. The van der Waals surface area contributed by atoms with E-state index in [1.807, 2.05) is 0 Å². The van der Waals surface area contributed by atoms with E-state index in [1.165, 1.54) is 6.26 Å². The minimum absolute atomic E-state index is 0.00231. The van der Waals surface area contributed by atoms with Gasteiger partial charge in [-0.05, 0) is 6.08 Å². The van der Waals surface area contributed by atoms with E-state index in [1.54, 1.807) is 6.08 Å². The average molecular weight is 184 g/mol. The molecule has 0 N–H and O–H groups in total. The van der Waals surface area contributed by atoms with Crippen LogP contribution in [-0.4, -0.2) is 26.0 Å². The summed E-state index contributed by atoms with van der Waals surface area (Å²) in [6, 6.07) is 0. The standard InChI is InChI=1S/C4H6ClNO3S/c5-10(7,8)6-2-1-3-9-4-6/h1,3H,2,4H2. The Labute approximate surface area is 63.6 Å². The highest BCUT2D eigenvalue weighted by molar-refractivity contribution is 8.11. The molecule has 1 aliphatic rings. The number of rotatable bonds is 1. The fourth-order valence-corrected chi connectivity index (χ4v) is 1.30. The van der Waals surface area contributed by atoms with Crippen LogP contribution in [0.2, 0.25) is 0 Å². The summed E-state index contributed by atoms with van der Waals surface area (Å²) in [5.41, 5.74) is 0. The van der Waals surface area contributed by atoms with Gasteiger partial charge in [-0.15, -0.1) is 4.31 Å². The highest BCUT2D eigenvalue weighted by Gasteiger charge is 2.19. The first-order chi connectivity index (χ1) is 4.61. The molecule has 0 unspecified atom stereocenters. The molecule has 6 heteroatoms. The summed E-state index contributed by atoms with van der Waals surface area (Å²) in [6.45, 7) is 0.286. The van der Waals surface area contributed by atoms with Crippen LogP contribution in [0, 0.1) is 0 Å². The van der Waals surface area contributed by atoms with Crippen LogP contribution in [0.4, 0.5) is 0 Å². The van der Waals surface area contributed by atoms with E-state index in [2.05, 4.69) is 0 Å². The Bertz CT molecular complexity index is 235. The number of halogens is 1. The third-order valence-electron chi connectivity index (χ3n) is 1.03. The molecule has 0 radical (unpaired) electrons. The molecule has 0 spiro atoms. The summed E-state index contributed by atoms with van der Waals surface area (Å²) >= 11 is 0. The molecule has 0 aliphatic carbocycles. The van der Waals surface area contributed by atoms with Gasteiger partial charge in [-0.3, -0.25) is 0 Å². The Morgan fingerprint density at radius 2 is 2.30 bits per heavy atom. The van der Waals surface area contributed by atoms with E-state index >= 15 is 0 Å². The van der Waals surface area contributed by atoms with Crippen molar-refractivity contribution in [2.24, 2.45) is 0 Å². The molecule has 10 heavy (non-hydrogen) atoms. The monoisotopic (exact) mass is 183 g/mol. The van der Waals surface area contributed by atoms with Crippen LogP contribution >= 0.6 is 10.7 Å². The molecule has 0 aromatic carbocycles. The van der Waals surface area contributed by atoms with Gasteiger partial charge in [0.2, 0.25) is 0 Å². The van der Waals surface area contributed by atoms with Gasteiger partial charge in [0.1, 0.15) is 0 Å². The van der Waals surface area contributed by atoms with Crippen molar-refractivity contribution in [3.63, 3.8) is 0 Å². The lowest BCUT2D eigenvalue weighted by molar-refractivity contribution is 0.145. The molecule has 58 valence electrons. The van der Waals surface area contributed by atoms with Crippen LogP contribution in [0.3, 0.4) is 0 Å². The normalized spacial score (nSPS) is 20.5. The molecular weight excluding hydrogens is 178 g/mol. The smallest absolute Gasteiger partial charge is 0.302 e. The van der Waals surface area contributed by atoms with Crippen LogP contribution in [0.5, 0.6) is 0 Å². The van der Waals surface area contributed by atoms with Crippen LogP contribution in [-0.2, 0) is 14.0 Å². The van der Waals surface area contributed by atoms with Crippen molar-refractivity contribution in [2.45, 2.75) is 0 Å². The molecule has 0 aromatic heterocycles. The van der Waals surface area contributed by atoms with E-state index < -0.39 is 9.24 Å². The van der Waals surface area contributed by atoms with E-state index in [0.29, 0.717) is 0 Å². The quantitative estimate of drug-likeness (QED) is 0.549. The Morgan fingerprint density at radius 1 is 1.60 bits per heavy atom. The Morgan fingerprint density at radius 3 is 2.60 bits per heavy atom. The third kappa shape index (κ3) is 1.86. The molecule has 0 aromatic rings. The Hall–Kier alpha value is -0.260. The van der Waals surface area contributed by atoms with Gasteiger partial charge < -0.3 is 4.74 Å². The van der Waals surface area contributed by atoms with Crippen molar-refractivity contribution in [3.05, 3.63) is 12.3 Å². The van der Waals surface area contributed by atoms with E-state index in [4.69, 9.17) is 15.4 Å².